The maximum Gasteiger partial charge on any atom is 0.229 e. The van der Waals surface area contributed by atoms with Gasteiger partial charge in [-0.05, 0) is 49.8 Å². The van der Waals surface area contributed by atoms with Gasteiger partial charge in [-0.25, -0.2) is 15.0 Å². The van der Waals surface area contributed by atoms with Crippen molar-refractivity contribution in [2.45, 2.75) is 20.4 Å². The van der Waals surface area contributed by atoms with Crippen molar-refractivity contribution in [3.8, 4) is 11.5 Å². The second-order valence-corrected chi connectivity index (χ2v) is 7.30. The number of aromatic nitrogens is 2. The molecule has 0 saturated carbocycles. The Bertz CT molecular complexity index is 1080. The Morgan fingerprint density at radius 3 is 2.31 bits per heavy atom. The van der Waals surface area contributed by atoms with Gasteiger partial charge in [-0.3, -0.25) is 5.32 Å². The molecule has 9 heteroatoms. The van der Waals surface area contributed by atoms with Crippen LogP contribution in [0.15, 0.2) is 59.6 Å². The van der Waals surface area contributed by atoms with Gasteiger partial charge < -0.3 is 20.1 Å². The number of ether oxygens (including phenoxy) is 2. The van der Waals surface area contributed by atoms with Crippen LogP contribution in [0, 0.1) is 13.8 Å². The lowest BCUT2D eigenvalue weighted by Crippen LogP contribution is -2.39. The fourth-order valence-corrected chi connectivity index (χ4v) is 3.13. The monoisotopic (exact) mass is 450 g/mol. The quantitative estimate of drug-likeness (QED) is 0.294. The van der Waals surface area contributed by atoms with E-state index in [-0.39, 0.29) is 0 Å². The molecule has 0 atom stereocenters. The summed E-state index contributed by atoms with van der Waals surface area (Å²) in [6, 6.07) is 17.2. The molecule has 0 spiro atoms. The van der Waals surface area contributed by atoms with Crippen molar-refractivity contribution in [3.63, 3.8) is 0 Å². The summed E-state index contributed by atoms with van der Waals surface area (Å²) in [5, 5.41) is 9.67. The van der Waals surface area contributed by atoms with E-state index in [1.807, 2.05) is 56.3 Å². The molecule has 0 aliphatic carbocycles. The number of rotatable bonds is 6. The van der Waals surface area contributed by atoms with Gasteiger partial charge in [-0.1, -0.05) is 30.3 Å². The highest BCUT2D eigenvalue weighted by Crippen LogP contribution is 2.28. The minimum absolute atomic E-state index is 0.320. The maximum atomic E-state index is 5.52. The van der Waals surface area contributed by atoms with Gasteiger partial charge in [0.1, 0.15) is 11.5 Å². The van der Waals surface area contributed by atoms with Crippen LogP contribution in [-0.4, -0.2) is 35.3 Å². The summed E-state index contributed by atoms with van der Waals surface area (Å²) in [6.07, 6.45) is 0. The van der Waals surface area contributed by atoms with Crippen molar-refractivity contribution in [3.05, 3.63) is 71.5 Å². The zero-order chi connectivity index (χ0) is 22.9. The molecular formula is C23H26N6O2S. The summed E-state index contributed by atoms with van der Waals surface area (Å²) >= 11 is 5.52. The third-order valence-electron chi connectivity index (χ3n) is 4.36. The summed E-state index contributed by atoms with van der Waals surface area (Å²) in [7, 11) is 3.19. The van der Waals surface area contributed by atoms with Gasteiger partial charge in [0.2, 0.25) is 11.9 Å². The molecule has 166 valence electrons. The van der Waals surface area contributed by atoms with Crippen LogP contribution in [0.3, 0.4) is 0 Å². The van der Waals surface area contributed by atoms with Gasteiger partial charge in [-0.2, -0.15) is 0 Å². The molecule has 3 N–H and O–H groups in total. The van der Waals surface area contributed by atoms with E-state index in [9.17, 15) is 0 Å². The molecule has 0 aliphatic rings. The van der Waals surface area contributed by atoms with Gasteiger partial charge in [0, 0.05) is 17.5 Å². The van der Waals surface area contributed by atoms with E-state index in [2.05, 4.69) is 30.9 Å². The Labute approximate surface area is 193 Å². The third-order valence-corrected chi connectivity index (χ3v) is 4.57. The van der Waals surface area contributed by atoms with Crippen molar-refractivity contribution in [2.75, 3.05) is 24.9 Å². The average molecular weight is 451 g/mol. The number of hydrogen-bond donors (Lipinski definition) is 3. The highest BCUT2D eigenvalue weighted by atomic mass is 32.1. The summed E-state index contributed by atoms with van der Waals surface area (Å²) in [5.74, 6) is 2.15. The second-order valence-electron chi connectivity index (χ2n) is 6.90. The number of methoxy groups -OCH3 is 2. The molecule has 0 aliphatic heterocycles. The van der Waals surface area contributed by atoms with Crippen LogP contribution >= 0.6 is 12.2 Å². The largest absolute Gasteiger partial charge is 0.497 e. The number of nitrogens with zero attached hydrogens (tertiary/aromatic N) is 3. The molecule has 1 heterocycles. The smallest absolute Gasteiger partial charge is 0.229 e. The topological polar surface area (TPSA) is 92.7 Å². The highest BCUT2D eigenvalue weighted by Gasteiger charge is 2.10. The SMILES string of the molecule is COc1ccc(OC)c(NC(=S)NC(=NCc2ccccc2)Nc2nc(C)cc(C)n2)c1. The molecule has 0 fully saturated rings. The number of hydrogen-bond acceptors (Lipinski definition) is 6. The lowest BCUT2D eigenvalue weighted by Gasteiger charge is -2.16. The van der Waals surface area contributed by atoms with Gasteiger partial charge >= 0.3 is 0 Å². The number of benzene rings is 2. The van der Waals surface area contributed by atoms with E-state index >= 15 is 0 Å². The van der Waals surface area contributed by atoms with E-state index in [1.165, 1.54) is 0 Å². The predicted octanol–water partition coefficient (Wildman–Crippen LogP) is 4.07. The van der Waals surface area contributed by atoms with E-state index < -0.39 is 0 Å². The average Bonchev–Trinajstić information content (AvgIpc) is 2.77. The van der Waals surface area contributed by atoms with Crippen molar-refractivity contribution >= 4 is 34.9 Å². The first-order valence-corrected chi connectivity index (χ1v) is 10.4. The van der Waals surface area contributed by atoms with Crippen LogP contribution in [0.1, 0.15) is 17.0 Å². The number of thiocarbonyl (C=S) groups is 1. The van der Waals surface area contributed by atoms with Crippen molar-refractivity contribution in [1.82, 2.24) is 15.3 Å². The minimum atomic E-state index is 0.320. The molecule has 0 unspecified atom stereocenters. The van der Waals surface area contributed by atoms with Crippen LogP contribution in [0.4, 0.5) is 11.6 Å². The molecule has 3 aromatic rings. The van der Waals surface area contributed by atoms with E-state index in [0.717, 1.165) is 17.0 Å². The Balaban J connectivity index is 1.80. The normalized spacial score (nSPS) is 10.9. The third kappa shape index (κ3) is 6.64. The van der Waals surface area contributed by atoms with Gasteiger partial charge in [0.25, 0.3) is 0 Å². The zero-order valence-electron chi connectivity index (χ0n) is 18.5. The Morgan fingerprint density at radius 1 is 0.938 bits per heavy atom. The fraction of sp³-hybridized carbons (Fsp3) is 0.217. The molecular weight excluding hydrogens is 424 g/mol. The van der Waals surface area contributed by atoms with Gasteiger partial charge in [0.15, 0.2) is 5.11 Å². The fourth-order valence-electron chi connectivity index (χ4n) is 2.92. The Hall–Kier alpha value is -3.72. The molecule has 0 saturated heterocycles. The first-order chi connectivity index (χ1) is 15.5. The van der Waals surface area contributed by atoms with Gasteiger partial charge in [-0.15, -0.1) is 0 Å². The van der Waals surface area contributed by atoms with Crippen LogP contribution in [-0.2, 0) is 6.54 Å². The number of guanidine groups is 1. The molecule has 3 rings (SSSR count). The maximum absolute atomic E-state index is 5.52. The first-order valence-electron chi connectivity index (χ1n) is 9.94. The minimum Gasteiger partial charge on any atom is -0.497 e. The van der Waals surface area contributed by atoms with Crippen LogP contribution in [0.2, 0.25) is 0 Å². The van der Waals surface area contributed by atoms with Crippen molar-refractivity contribution < 1.29 is 9.47 Å². The number of nitrogens with one attached hydrogen (secondary N) is 3. The lowest BCUT2D eigenvalue weighted by atomic mass is 10.2. The molecule has 2 aromatic carbocycles. The summed E-state index contributed by atoms with van der Waals surface area (Å²) in [6.45, 7) is 4.27. The lowest BCUT2D eigenvalue weighted by molar-refractivity contribution is 0.405. The molecule has 8 nitrogen and oxygen atoms in total. The highest BCUT2D eigenvalue weighted by molar-refractivity contribution is 7.80. The van der Waals surface area contributed by atoms with Crippen LogP contribution in [0.25, 0.3) is 0 Å². The molecule has 0 radical (unpaired) electrons. The first kappa shape index (κ1) is 23.0. The second kappa shape index (κ2) is 11.1. The Kier molecular flexibility index (Phi) is 7.93. The van der Waals surface area contributed by atoms with Gasteiger partial charge in [0.05, 0.1) is 26.5 Å². The molecule has 0 bridgehead atoms. The van der Waals surface area contributed by atoms with Crippen molar-refractivity contribution in [2.24, 2.45) is 4.99 Å². The molecule has 0 amide bonds. The Morgan fingerprint density at radius 2 is 1.66 bits per heavy atom. The van der Waals surface area contributed by atoms with Crippen molar-refractivity contribution in [1.29, 1.82) is 0 Å². The zero-order valence-corrected chi connectivity index (χ0v) is 19.3. The number of aryl methyl sites for hydroxylation is 2. The standard InChI is InChI=1S/C23H26N6O2S/c1-15-12-16(2)26-22(25-15)28-21(24-14-17-8-6-5-7-9-17)29-23(32)27-19-13-18(30-3)10-11-20(19)31-4/h5-13H,14H2,1-4H3,(H3,24,25,26,27,28,29,32). The summed E-state index contributed by atoms with van der Waals surface area (Å²) in [5.41, 5.74) is 3.42. The predicted molar refractivity (Wildman–Crippen MR) is 132 cm³/mol. The van der Waals surface area contributed by atoms with E-state index in [4.69, 9.17) is 21.7 Å². The molecule has 1 aromatic heterocycles. The van der Waals surface area contributed by atoms with Crippen LogP contribution in [0.5, 0.6) is 11.5 Å². The number of aliphatic imine (C=N–C) groups is 1. The van der Waals surface area contributed by atoms with E-state index in [1.54, 1.807) is 26.4 Å². The molecule has 32 heavy (non-hydrogen) atoms. The van der Waals surface area contributed by atoms with E-state index in [0.29, 0.717) is 40.8 Å². The van der Waals surface area contributed by atoms with Crippen LogP contribution < -0.4 is 25.4 Å². The summed E-state index contributed by atoms with van der Waals surface area (Å²) in [4.78, 5) is 13.5. The summed E-state index contributed by atoms with van der Waals surface area (Å²) < 4.78 is 10.7. The number of anilines is 2.